The molecule has 0 aliphatic rings. The second-order valence-corrected chi connectivity index (χ2v) is 5.98. The van der Waals surface area contributed by atoms with Crippen LogP contribution < -0.4 is 9.47 Å². The van der Waals surface area contributed by atoms with Gasteiger partial charge in [-0.3, -0.25) is 0 Å². The van der Waals surface area contributed by atoms with Crippen molar-refractivity contribution in [2.45, 2.75) is 0 Å². The van der Waals surface area contributed by atoms with Crippen LogP contribution in [0.15, 0.2) is 55.1 Å². The summed E-state index contributed by atoms with van der Waals surface area (Å²) in [5.74, 6) is -7.38. The summed E-state index contributed by atoms with van der Waals surface area (Å²) in [7, 11) is 1.17. The summed E-state index contributed by atoms with van der Waals surface area (Å²) in [6, 6.07) is 8.49. The van der Waals surface area contributed by atoms with Crippen LogP contribution in [0.1, 0.15) is 11.1 Å². The van der Waals surface area contributed by atoms with E-state index in [0.29, 0.717) is 5.75 Å². The van der Waals surface area contributed by atoms with Crippen LogP contribution in [-0.2, 0) is 0 Å². The molecule has 0 aromatic heterocycles. The second-order valence-electron chi connectivity index (χ2n) is 5.98. The Morgan fingerprint density at radius 3 is 2.24 bits per heavy atom. The number of hydrogen-bond donors (Lipinski definition) is 0. The van der Waals surface area contributed by atoms with E-state index in [0.717, 1.165) is 6.07 Å². The molecule has 0 amide bonds. The van der Waals surface area contributed by atoms with Gasteiger partial charge in [-0.25, -0.2) is 22.0 Å². The van der Waals surface area contributed by atoms with Gasteiger partial charge in [0.1, 0.15) is 12.4 Å². The van der Waals surface area contributed by atoms with Gasteiger partial charge in [0.05, 0.1) is 18.1 Å². The summed E-state index contributed by atoms with van der Waals surface area (Å²) in [6.45, 7) is 3.72. The minimum absolute atomic E-state index is 0.145. The van der Waals surface area contributed by atoms with Crippen molar-refractivity contribution in [1.82, 2.24) is 0 Å². The normalized spacial score (nSPS) is 11.9. The molecule has 0 aliphatic heterocycles. The quantitative estimate of drug-likeness (QED) is 0.261. The van der Waals surface area contributed by atoms with Crippen LogP contribution in [0, 0.1) is 17.5 Å². The van der Waals surface area contributed by atoms with Crippen LogP contribution in [0.25, 0.3) is 22.4 Å². The Hall–Kier alpha value is -3.35. The maximum Gasteiger partial charge on any atom is 0.175 e. The molecule has 0 bridgehead atoms. The highest BCUT2D eigenvalue weighted by molar-refractivity contribution is 5.91. The lowest BCUT2D eigenvalue weighted by Gasteiger charge is -2.10. The molecule has 7 heteroatoms. The Kier molecular flexibility index (Phi) is 5.87. The molecule has 0 unspecified atom stereocenters. The maximum atomic E-state index is 14.7. The highest BCUT2D eigenvalue weighted by atomic mass is 19.2. The largest absolute Gasteiger partial charge is 0.494 e. The van der Waals surface area contributed by atoms with Gasteiger partial charge in [-0.15, -0.1) is 0 Å². The van der Waals surface area contributed by atoms with Crippen LogP contribution >= 0.6 is 0 Å². The maximum absolute atomic E-state index is 14.7. The Balaban J connectivity index is 2.09. The van der Waals surface area contributed by atoms with Gasteiger partial charge < -0.3 is 9.47 Å². The van der Waals surface area contributed by atoms with Crippen LogP contribution in [-0.4, -0.2) is 13.7 Å². The third kappa shape index (κ3) is 3.81. The minimum Gasteiger partial charge on any atom is -0.494 e. The highest BCUT2D eigenvalue weighted by Crippen LogP contribution is 2.36. The molecule has 0 spiro atoms. The number of rotatable bonds is 6. The van der Waals surface area contributed by atoms with Crippen LogP contribution in [0.4, 0.5) is 22.0 Å². The molecule has 0 atom stereocenters. The molecular weight excluding hydrogens is 391 g/mol. The van der Waals surface area contributed by atoms with Gasteiger partial charge in [0.2, 0.25) is 0 Å². The van der Waals surface area contributed by atoms with Gasteiger partial charge in [0.15, 0.2) is 34.9 Å². The van der Waals surface area contributed by atoms with Crippen molar-refractivity contribution < 1.29 is 31.4 Å². The van der Waals surface area contributed by atoms with Gasteiger partial charge in [0.25, 0.3) is 0 Å². The Labute approximate surface area is 163 Å². The van der Waals surface area contributed by atoms with E-state index >= 15 is 0 Å². The molecule has 2 nitrogen and oxygen atoms in total. The van der Waals surface area contributed by atoms with Crippen molar-refractivity contribution in [3.05, 3.63) is 83.7 Å². The third-order valence-corrected chi connectivity index (χ3v) is 4.21. The molecule has 0 aliphatic carbocycles. The van der Waals surface area contributed by atoms with Crippen LogP contribution in [0.2, 0.25) is 0 Å². The fourth-order valence-corrected chi connectivity index (χ4v) is 2.78. The van der Waals surface area contributed by atoms with Crippen molar-refractivity contribution in [2.24, 2.45) is 0 Å². The van der Waals surface area contributed by atoms with E-state index in [4.69, 9.17) is 9.47 Å². The fourth-order valence-electron chi connectivity index (χ4n) is 2.78. The monoisotopic (exact) mass is 406 g/mol. The number of methoxy groups -OCH3 is 1. The molecule has 3 aromatic carbocycles. The zero-order valence-corrected chi connectivity index (χ0v) is 15.2. The van der Waals surface area contributed by atoms with Crippen molar-refractivity contribution >= 4 is 22.4 Å². The lowest BCUT2D eigenvalue weighted by molar-refractivity contribution is 0.363. The number of hydrogen-bond acceptors (Lipinski definition) is 2. The topological polar surface area (TPSA) is 18.5 Å². The molecule has 0 fully saturated rings. The first-order chi connectivity index (χ1) is 13.9. The SMILES string of the molecule is C=CCOc1ccc(C(F)=C(F)c2cc3ccc(OC)c(F)c3c(F)c2F)cc1. The van der Waals surface area contributed by atoms with Gasteiger partial charge in [-0.1, -0.05) is 18.7 Å². The molecular formula is C22H15F5O2. The molecule has 3 rings (SSSR count). The smallest absolute Gasteiger partial charge is 0.175 e. The molecule has 150 valence electrons. The summed E-state index contributed by atoms with van der Waals surface area (Å²) in [4.78, 5) is 0. The van der Waals surface area contributed by atoms with E-state index in [-0.39, 0.29) is 23.3 Å². The minimum atomic E-state index is -1.71. The van der Waals surface area contributed by atoms with E-state index < -0.39 is 40.1 Å². The fraction of sp³-hybridized carbons (Fsp3) is 0.0909. The lowest BCUT2D eigenvalue weighted by atomic mass is 10.0. The molecule has 0 saturated heterocycles. The Morgan fingerprint density at radius 2 is 1.62 bits per heavy atom. The third-order valence-electron chi connectivity index (χ3n) is 4.21. The molecule has 3 aromatic rings. The highest BCUT2D eigenvalue weighted by Gasteiger charge is 2.23. The zero-order valence-electron chi connectivity index (χ0n) is 15.2. The Morgan fingerprint density at radius 1 is 0.931 bits per heavy atom. The van der Waals surface area contributed by atoms with E-state index in [1.807, 2.05) is 0 Å². The summed E-state index contributed by atoms with van der Waals surface area (Å²) in [5, 5.41) is -0.851. The average molecular weight is 406 g/mol. The molecule has 0 N–H and O–H groups in total. The zero-order chi connectivity index (χ0) is 21.1. The van der Waals surface area contributed by atoms with Crippen LogP contribution in [0.3, 0.4) is 0 Å². The summed E-state index contributed by atoms with van der Waals surface area (Å²) in [6.07, 6.45) is 1.52. The Bertz CT molecular complexity index is 1100. The number of halogens is 5. The molecule has 0 saturated carbocycles. The predicted octanol–water partition coefficient (Wildman–Crippen LogP) is 6.60. The van der Waals surface area contributed by atoms with Crippen molar-refractivity contribution in [2.75, 3.05) is 13.7 Å². The molecule has 0 radical (unpaired) electrons. The summed E-state index contributed by atoms with van der Waals surface area (Å²) in [5.41, 5.74) is -1.15. The number of benzene rings is 3. The molecule has 0 heterocycles. The van der Waals surface area contributed by atoms with Gasteiger partial charge >= 0.3 is 0 Å². The first-order valence-corrected chi connectivity index (χ1v) is 8.43. The summed E-state index contributed by atoms with van der Waals surface area (Å²) < 4.78 is 82.3. The van der Waals surface area contributed by atoms with Gasteiger partial charge in [0, 0.05) is 5.56 Å². The van der Waals surface area contributed by atoms with Gasteiger partial charge in [-0.2, -0.15) is 0 Å². The van der Waals surface area contributed by atoms with Crippen LogP contribution in [0.5, 0.6) is 11.5 Å². The van der Waals surface area contributed by atoms with Crippen molar-refractivity contribution in [3.63, 3.8) is 0 Å². The first-order valence-electron chi connectivity index (χ1n) is 8.43. The second kappa shape index (κ2) is 8.34. The number of ether oxygens (including phenoxy) is 2. The molecule has 29 heavy (non-hydrogen) atoms. The lowest BCUT2D eigenvalue weighted by Crippen LogP contribution is -1.99. The first kappa shape index (κ1) is 20.4. The average Bonchev–Trinajstić information content (AvgIpc) is 2.74. The van der Waals surface area contributed by atoms with E-state index in [1.54, 1.807) is 0 Å². The van der Waals surface area contributed by atoms with Crippen molar-refractivity contribution in [3.8, 4) is 11.5 Å². The predicted molar refractivity (Wildman–Crippen MR) is 102 cm³/mol. The van der Waals surface area contributed by atoms with E-state index in [2.05, 4.69) is 6.58 Å². The van der Waals surface area contributed by atoms with Crippen molar-refractivity contribution in [1.29, 1.82) is 0 Å². The summed E-state index contributed by atoms with van der Waals surface area (Å²) >= 11 is 0. The van der Waals surface area contributed by atoms with E-state index in [1.165, 1.54) is 49.6 Å². The van der Waals surface area contributed by atoms with Gasteiger partial charge in [-0.05, 0) is 41.8 Å². The van der Waals surface area contributed by atoms with E-state index in [9.17, 15) is 22.0 Å². The standard InChI is InChI=1S/C22H15F5O2/c1-3-10-29-14-7-4-12(5-8-14)18(23)19(24)15-11-13-6-9-16(28-2)21(26)17(13)22(27)20(15)25/h3-9,11H,1,10H2,2H3. The number of fused-ring (bicyclic) bond motifs is 1.